The fourth-order valence-electron chi connectivity index (χ4n) is 2.23. The molecule has 2 aromatic carbocycles. The van der Waals surface area contributed by atoms with Gasteiger partial charge in [0.15, 0.2) is 5.75 Å². The van der Waals surface area contributed by atoms with E-state index >= 15 is 0 Å². The number of anilines is 1. The lowest BCUT2D eigenvalue weighted by Crippen LogP contribution is -2.16. The summed E-state index contributed by atoms with van der Waals surface area (Å²) in [6, 6.07) is 12.7. The van der Waals surface area contributed by atoms with Crippen molar-refractivity contribution in [2.24, 2.45) is 0 Å². The summed E-state index contributed by atoms with van der Waals surface area (Å²) < 4.78 is 16.0. The Balaban J connectivity index is 2.01. The van der Waals surface area contributed by atoms with Gasteiger partial charge < -0.3 is 19.5 Å². The first kappa shape index (κ1) is 19.1. The SMILES string of the molecule is CCOc1ccc(CC(=O)Nc2cccc(Cl)c2OCCOC)cc1. The predicted octanol–water partition coefficient (Wildman–Crippen LogP) is 3.95. The molecule has 0 radical (unpaired) electrons. The highest BCUT2D eigenvalue weighted by Crippen LogP contribution is 2.33. The van der Waals surface area contributed by atoms with E-state index in [9.17, 15) is 4.79 Å². The molecule has 25 heavy (non-hydrogen) atoms. The van der Waals surface area contributed by atoms with Crippen molar-refractivity contribution in [3.8, 4) is 11.5 Å². The zero-order valence-electron chi connectivity index (χ0n) is 14.4. The van der Waals surface area contributed by atoms with Crippen LogP contribution in [-0.4, -0.2) is 32.8 Å². The molecule has 5 nitrogen and oxygen atoms in total. The number of ether oxygens (including phenoxy) is 3. The third-order valence-electron chi connectivity index (χ3n) is 3.37. The second-order valence-electron chi connectivity index (χ2n) is 5.26. The lowest BCUT2D eigenvalue weighted by Gasteiger charge is -2.14. The normalized spacial score (nSPS) is 10.4. The van der Waals surface area contributed by atoms with Crippen LogP contribution in [0.5, 0.6) is 11.5 Å². The Kier molecular flexibility index (Phi) is 7.57. The molecule has 0 bridgehead atoms. The monoisotopic (exact) mass is 363 g/mol. The van der Waals surface area contributed by atoms with E-state index in [0.717, 1.165) is 11.3 Å². The van der Waals surface area contributed by atoms with Gasteiger partial charge >= 0.3 is 0 Å². The number of benzene rings is 2. The summed E-state index contributed by atoms with van der Waals surface area (Å²) in [5.74, 6) is 1.08. The van der Waals surface area contributed by atoms with E-state index in [-0.39, 0.29) is 12.3 Å². The Bertz CT molecular complexity index is 688. The minimum Gasteiger partial charge on any atom is -0.494 e. The number of hydrogen-bond donors (Lipinski definition) is 1. The molecule has 0 aliphatic heterocycles. The molecule has 0 aliphatic rings. The largest absolute Gasteiger partial charge is 0.494 e. The lowest BCUT2D eigenvalue weighted by molar-refractivity contribution is -0.115. The molecule has 0 aliphatic carbocycles. The van der Waals surface area contributed by atoms with E-state index in [2.05, 4.69) is 5.32 Å². The molecule has 2 aromatic rings. The molecule has 2 rings (SSSR count). The second kappa shape index (κ2) is 9.91. The van der Waals surface area contributed by atoms with E-state index in [0.29, 0.717) is 36.3 Å². The van der Waals surface area contributed by atoms with Crippen LogP contribution in [-0.2, 0) is 16.0 Å². The minimum absolute atomic E-state index is 0.150. The highest BCUT2D eigenvalue weighted by Gasteiger charge is 2.12. The zero-order valence-corrected chi connectivity index (χ0v) is 15.1. The maximum absolute atomic E-state index is 12.3. The van der Waals surface area contributed by atoms with Crippen LogP contribution in [0.2, 0.25) is 5.02 Å². The first-order valence-electron chi connectivity index (χ1n) is 8.06. The van der Waals surface area contributed by atoms with E-state index < -0.39 is 0 Å². The van der Waals surface area contributed by atoms with Gasteiger partial charge in [0.05, 0.1) is 30.3 Å². The number of carbonyl (C=O) groups excluding carboxylic acids is 1. The molecule has 0 unspecified atom stereocenters. The van der Waals surface area contributed by atoms with Gasteiger partial charge in [-0.2, -0.15) is 0 Å². The lowest BCUT2D eigenvalue weighted by atomic mass is 10.1. The number of amides is 1. The number of halogens is 1. The summed E-state index contributed by atoms with van der Waals surface area (Å²) in [7, 11) is 1.59. The zero-order chi connectivity index (χ0) is 18.1. The van der Waals surface area contributed by atoms with Crippen LogP contribution < -0.4 is 14.8 Å². The highest BCUT2D eigenvalue weighted by molar-refractivity contribution is 6.32. The number of nitrogens with one attached hydrogen (secondary N) is 1. The van der Waals surface area contributed by atoms with Crippen LogP contribution in [0, 0.1) is 0 Å². The molecule has 0 fully saturated rings. The van der Waals surface area contributed by atoms with Crippen molar-refractivity contribution >= 4 is 23.2 Å². The van der Waals surface area contributed by atoms with Gasteiger partial charge in [0.25, 0.3) is 0 Å². The topological polar surface area (TPSA) is 56.8 Å². The van der Waals surface area contributed by atoms with Crippen molar-refractivity contribution in [3.05, 3.63) is 53.1 Å². The molecular formula is C19H22ClNO4. The Morgan fingerprint density at radius 3 is 2.52 bits per heavy atom. The molecule has 0 heterocycles. The van der Waals surface area contributed by atoms with Crippen LogP contribution in [0.25, 0.3) is 0 Å². The third-order valence-corrected chi connectivity index (χ3v) is 3.67. The first-order chi connectivity index (χ1) is 12.1. The van der Waals surface area contributed by atoms with Gasteiger partial charge in [-0.25, -0.2) is 0 Å². The summed E-state index contributed by atoms with van der Waals surface area (Å²) >= 11 is 6.17. The van der Waals surface area contributed by atoms with E-state index in [1.54, 1.807) is 25.3 Å². The Hall–Kier alpha value is -2.24. The van der Waals surface area contributed by atoms with Gasteiger partial charge in [-0.3, -0.25) is 4.79 Å². The molecular weight excluding hydrogens is 342 g/mol. The van der Waals surface area contributed by atoms with Gasteiger partial charge in [-0.1, -0.05) is 29.8 Å². The molecule has 1 N–H and O–H groups in total. The van der Waals surface area contributed by atoms with Crippen LogP contribution in [0.3, 0.4) is 0 Å². The number of hydrogen-bond acceptors (Lipinski definition) is 4. The fraction of sp³-hybridized carbons (Fsp3) is 0.316. The molecule has 0 aromatic heterocycles. The summed E-state index contributed by atoms with van der Waals surface area (Å²) in [4.78, 5) is 12.3. The Morgan fingerprint density at radius 2 is 1.84 bits per heavy atom. The molecule has 0 saturated heterocycles. The molecule has 0 atom stereocenters. The van der Waals surface area contributed by atoms with Gasteiger partial charge in [0, 0.05) is 7.11 Å². The number of methoxy groups -OCH3 is 1. The predicted molar refractivity (Wildman–Crippen MR) is 98.8 cm³/mol. The third kappa shape index (κ3) is 5.96. The maximum atomic E-state index is 12.3. The smallest absolute Gasteiger partial charge is 0.228 e. The van der Waals surface area contributed by atoms with Gasteiger partial charge in [0.1, 0.15) is 12.4 Å². The number of para-hydroxylation sites is 1. The van der Waals surface area contributed by atoms with Gasteiger partial charge in [0.2, 0.25) is 5.91 Å². The fourth-order valence-corrected chi connectivity index (χ4v) is 2.46. The quantitative estimate of drug-likeness (QED) is 0.685. The van der Waals surface area contributed by atoms with Gasteiger partial charge in [-0.15, -0.1) is 0 Å². The van der Waals surface area contributed by atoms with Crippen LogP contribution in [0.1, 0.15) is 12.5 Å². The van der Waals surface area contributed by atoms with Crippen molar-refractivity contribution in [3.63, 3.8) is 0 Å². The standard InChI is InChI=1S/C19H22ClNO4/c1-3-24-15-9-7-14(8-10-15)13-18(22)21-17-6-4-5-16(20)19(17)25-12-11-23-2/h4-10H,3,11-13H2,1-2H3,(H,21,22). The van der Waals surface area contributed by atoms with Crippen LogP contribution in [0.15, 0.2) is 42.5 Å². The number of rotatable bonds is 9. The molecule has 134 valence electrons. The van der Waals surface area contributed by atoms with E-state index in [1.807, 2.05) is 31.2 Å². The van der Waals surface area contributed by atoms with Crippen LogP contribution >= 0.6 is 11.6 Å². The number of carbonyl (C=O) groups is 1. The Labute approximate surface area is 152 Å². The molecule has 6 heteroatoms. The summed E-state index contributed by atoms with van der Waals surface area (Å²) in [5.41, 5.74) is 1.43. The van der Waals surface area contributed by atoms with Crippen molar-refractivity contribution in [2.75, 3.05) is 32.2 Å². The first-order valence-corrected chi connectivity index (χ1v) is 8.43. The van der Waals surface area contributed by atoms with Crippen molar-refractivity contribution in [1.29, 1.82) is 0 Å². The van der Waals surface area contributed by atoms with Crippen molar-refractivity contribution in [1.82, 2.24) is 0 Å². The summed E-state index contributed by atoms with van der Waals surface area (Å²) in [6.45, 7) is 3.33. The van der Waals surface area contributed by atoms with Crippen LogP contribution in [0.4, 0.5) is 5.69 Å². The average molecular weight is 364 g/mol. The van der Waals surface area contributed by atoms with Gasteiger partial charge in [-0.05, 0) is 36.8 Å². The molecule has 0 saturated carbocycles. The van der Waals surface area contributed by atoms with E-state index in [4.69, 9.17) is 25.8 Å². The molecule has 1 amide bonds. The molecule has 0 spiro atoms. The maximum Gasteiger partial charge on any atom is 0.228 e. The van der Waals surface area contributed by atoms with Crippen molar-refractivity contribution < 1.29 is 19.0 Å². The minimum atomic E-state index is -0.150. The summed E-state index contributed by atoms with van der Waals surface area (Å²) in [5, 5.41) is 3.29. The Morgan fingerprint density at radius 1 is 1.08 bits per heavy atom. The van der Waals surface area contributed by atoms with Crippen molar-refractivity contribution in [2.45, 2.75) is 13.3 Å². The highest BCUT2D eigenvalue weighted by atomic mass is 35.5. The average Bonchev–Trinajstić information content (AvgIpc) is 2.59. The van der Waals surface area contributed by atoms with E-state index in [1.165, 1.54) is 0 Å². The summed E-state index contributed by atoms with van der Waals surface area (Å²) in [6.07, 6.45) is 0.246. The second-order valence-corrected chi connectivity index (χ2v) is 5.67.